The summed E-state index contributed by atoms with van der Waals surface area (Å²) >= 11 is 0. The van der Waals surface area contributed by atoms with Crippen molar-refractivity contribution in [3.8, 4) is 0 Å². The highest BCUT2D eigenvalue weighted by Gasteiger charge is 2.19. The van der Waals surface area contributed by atoms with Crippen LogP contribution in [0.1, 0.15) is 29.6 Å². The number of aromatic nitrogens is 2. The standard InChI is InChI=1S/C19H25N5O3/c1-27-18(25)15-5-6-17(24-10-2-3-11-24)16(13-15)22-19(26)21-7-4-9-23-12-8-20-14-23/h5-6,8,12-14H,2-4,7,9-11H2,1H3,(H2,21,22,26). The molecule has 8 heteroatoms. The fraction of sp³-hybridized carbons (Fsp3) is 0.421. The van der Waals surface area contributed by atoms with Crippen LogP contribution in [0.15, 0.2) is 36.9 Å². The third-order valence-electron chi connectivity index (χ3n) is 4.55. The number of benzene rings is 1. The summed E-state index contributed by atoms with van der Waals surface area (Å²) in [6.07, 6.45) is 8.41. The van der Waals surface area contributed by atoms with Gasteiger partial charge in [-0.1, -0.05) is 0 Å². The summed E-state index contributed by atoms with van der Waals surface area (Å²) < 4.78 is 6.75. The van der Waals surface area contributed by atoms with E-state index in [-0.39, 0.29) is 6.03 Å². The molecule has 1 aliphatic heterocycles. The van der Waals surface area contributed by atoms with E-state index >= 15 is 0 Å². The van der Waals surface area contributed by atoms with Crippen LogP contribution in [0.3, 0.4) is 0 Å². The summed E-state index contributed by atoms with van der Waals surface area (Å²) in [4.78, 5) is 30.4. The fourth-order valence-electron chi connectivity index (χ4n) is 3.16. The maximum atomic E-state index is 12.3. The Balaban J connectivity index is 1.61. The molecule has 1 aromatic heterocycles. The van der Waals surface area contributed by atoms with Crippen LogP contribution in [-0.2, 0) is 11.3 Å². The number of carbonyl (C=O) groups is 2. The molecule has 2 N–H and O–H groups in total. The van der Waals surface area contributed by atoms with E-state index in [1.807, 2.05) is 16.8 Å². The van der Waals surface area contributed by atoms with Crippen molar-refractivity contribution in [1.82, 2.24) is 14.9 Å². The molecule has 1 fully saturated rings. The van der Waals surface area contributed by atoms with Crippen molar-refractivity contribution in [2.24, 2.45) is 0 Å². The first-order valence-corrected chi connectivity index (χ1v) is 9.15. The maximum Gasteiger partial charge on any atom is 0.337 e. The van der Waals surface area contributed by atoms with E-state index in [0.717, 1.165) is 44.6 Å². The molecule has 0 bridgehead atoms. The number of urea groups is 1. The third kappa shape index (κ3) is 4.99. The molecule has 8 nitrogen and oxygen atoms in total. The Morgan fingerprint density at radius 3 is 2.78 bits per heavy atom. The molecule has 2 amide bonds. The number of hydrogen-bond donors (Lipinski definition) is 2. The first-order chi connectivity index (χ1) is 13.2. The van der Waals surface area contributed by atoms with Gasteiger partial charge in [0.05, 0.1) is 30.4 Å². The Bertz CT molecular complexity index is 770. The number of nitrogens with one attached hydrogen (secondary N) is 2. The summed E-state index contributed by atoms with van der Waals surface area (Å²) in [5.41, 5.74) is 1.96. The molecule has 144 valence electrons. The summed E-state index contributed by atoms with van der Waals surface area (Å²) in [6.45, 7) is 3.22. The van der Waals surface area contributed by atoms with Crippen LogP contribution >= 0.6 is 0 Å². The first kappa shape index (κ1) is 18.8. The molecule has 2 heterocycles. The first-order valence-electron chi connectivity index (χ1n) is 9.15. The van der Waals surface area contributed by atoms with Crippen molar-refractivity contribution in [3.05, 3.63) is 42.5 Å². The van der Waals surface area contributed by atoms with Crippen molar-refractivity contribution in [2.45, 2.75) is 25.8 Å². The van der Waals surface area contributed by atoms with Gasteiger partial charge in [-0.05, 0) is 37.5 Å². The van der Waals surface area contributed by atoms with Crippen molar-refractivity contribution < 1.29 is 14.3 Å². The second-order valence-corrected chi connectivity index (χ2v) is 6.45. The van der Waals surface area contributed by atoms with E-state index in [4.69, 9.17) is 4.74 Å². The summed E-state index contributed by atoms with van der Waals surface area (Å²) in [5.74, 6) is -0.424. The lowest BCUT2D eigenvalue weighted by atomic mass is 10.1. The van der Waals surface area contributed by atoms with E-state index < -0.39 is 5.97 Å². The maximum absolute atomic E-state index is 12.3. The summed E-state index contributed by atoms with van der Waals surface area (Å²) in [7, 11) is 1.34. The molecule has 1 aromatic carbocycles. The number of hydrogen-bond acceptors (Lipinski definition) is 5. The lowest BCUT2D eigenvalue weighted by Gasteiger charge is -2.22. The highest BCUT2D eigenvalue weighted by Crippen LogP contribution is 2.30. The van der Waals surface area contributed by atoms with E-state index in [1.54, 1.807) is 24.7 Å². The number of carbonyl (C=O) groups excluding carboxylic acids is 2. The monoisotopic (exact) mass is 371 g/mol. The number of rotatable bonds is 7. The van der Waals surface area contributed by atoms with Gasteiger partial charge in [-0.2, -0.15) is 0 Å². The quantitative estimate of drug-likeness (QED) is 0.577. The molecule has 1 saturated heterocycles. The molecule has 0 atom stereocenters. The SMILES string of the molecule is COC(=O)c1ccc(N2CCCC2)c(NC(=O)NCCCn2ccnc2)c1. The number of anilines is 2. The predicted molar refractivity (Wildman–Crippen MR) is 103 cm³/mol. The van der Waals surface area contributed by atoms with Gasteiger partial charge in [0.1, 0.15) is 0 Å². The molecule has 0 aliphatic carbocycles. The molecule has 0 radical (unpaired) electrons. The fourth-order valence-corrected chi connectivity index (χ4v) is 3.16. The van der Waals surface area contributed by atoms with E-state index in [2.05, 4.69) is 20.5 Å². The molecule has 2 aromatic rings. The minimum atomic E-state index is -0.424. The number of ether oxygens (including phenoxy) is 1. The van der Waals surface area contributed by atoms with Crippen molar-refractivity contribution in [1.29, 1.82) is 0 Å². The lowest BCUT2D eigenvalue weighted by molar-refractivity contribution is 0.0600. The van der Waals surface area contributed by atoms with Crippen LogP contribution in [0.5, 0.6) is 0 Å². The van der Waals surface area contributed by atoms with Gasteiger partial charge < -0.3 is 24.8 Å². The zero-order valence-corrected chi connectivity index (χ0v) is 15.5. The van der Waals surface area contributed by atoms with Gasteiger partial charge in [0.15, 0.2) is 0 Å². The van der Waals surface area contributed by atoms with Crippen molar-refractivity contribution in [2.75, 3.05) is 37.0 Å². The van der Waals surface area contributed by atoms with Gasteiger partial charge in [-0.25, -0.2) is 14.6 Å². The Hall–Kier alpha value is -3.03. The van der Waals surface area contributed by atoms with Gasteiger partial charge in [0.25, 0.3) is 0 Å². The van der Waals surface area contributed by atoms with Crippen LogP contribution in [0.25, 0.3) is 0 Å². The lowest BCUT2D eigenvalue weighted by Crippen LogP contribution is -2.31. The Morgan fingerprint density at radius 2 is 2.07 bits per heavy atom. The van der Waals surface area contributed by atoms with Gasteiger partial charge in [0.2, 0.25) is 0 Å². The number of aryl methyl sites for hydroxylation is 1. The molecular formula is C19H25N5O3. The van der Waals surface area contributed by atoms with Crippen LogP contribution in [0, 0.1) is 0 Å². The van der Waals surface area contributed by atoms with Crippen molar-refractivity contribution in [3.63, 3.8) is 0 Å². The van der Waals surface area contributed by atoms with Gasteiger partial charge >= 0.3 is 12.0 Å². The van der Waals surface area contributed by atoms with E-state index in [9.17, 15) is 9.59 Å². The Morgan fingerprint density at radius 1 is 1.26 bits per heavy atom. The zero-order valence-electron chi connectivity index (χ0n) is 15.5. The second-order valence-electron chi connectivity index (χ2n) is 6.45. The molecular weight excluding hydrogens is 346 g/mol. The van der Waals surface area contributed by atoms with Crippen LogP contribution in [-0.4, -0.2) is 48.3 Å². The number of imidazole rings is 1. The number of methoxy groups -OCH3 is 1. The average molecular weight is 371 g/mol. The number of amides is 2. The average Bonchev–Trinajstić information content (AvgIpc) is 3.38. The third-order valence-corrected chi connectivity index (χ3v) is 4.55. The molecule has 0 unspecified atom stereocenters. The largest absolute Gasteiger partial charge is 0.465 e. The minimum Gasteiger partial charge on any atom is -0.465 e. The smallest absolute Gasteiger partial charge is 0.337 e. The minimum absolute atomic E-state index is 0.289. The number of esters is 1. The van der Waals surface area contributed by atoms with Crippen LogP contribution < -0.4 is 15.5 Å². The topological polar surface area (TPSA) is 88.5 Å². The van der Waals surface area contributed by atoms with E-state index in [0.29, 0.717) is 17.8 Å². The molecule has 27 heavy (non-hydrogen) atoms. The highest BCUT2D eigenvalue weighted by molar-refractivity contribution is 5.97. The zero-order chi connectivity index (χ0) is 19.1. The predicted octanol–water partition coefficient (Wildman–Crippen LogP) is 2.48. The van der Waals surface area contributed by atoms with Crippen LogP contribution in [0.2, 0.25) is 0 Å². The summed E-state index contributed by atoms with van der Waals surface area (Å²) in [5, 5.41) is 5.74. The Labute approximate surface area is 158 Å². The highest BCUT2D eigenvalue weighted by atomic mass is 16.5. The van der Waals surface area contributed by atoms with Crippen molar-refractivity contribution >= 4 is 23.4 Å². The molecule has 1 aliphatic rings. The normalized spacial score (nSPS) is 13.4. The number of nitrogens with zero attached hydrogens (tertiary/aromatic N) is 3. The van der Waals surface area contributed by atoms with Gasteiger partial charge in [0, 0.05) is 38.6 Å². The Kier molecular flexibility index (Phi) is 6.30. The second kappa shape index (κ2) is 9.07. The van der Waals surface area contributed by atoms with E-state index in [1.165, 1.54) is 7.11 Å². The summed E-state index contributed by atoms with van der Waals surface area (Å²) in [6, 6.07) is 4.98. The van der Waals surface area contributed by atoms with Gasteiger partial charge in [-0.3, -0.25) is 0 Å². The molecule has 0 saturated carbocycles. The molecule has 3 rings (SSSR count). The molecule has 0 spiro atoms. The van der Waals surface area contributed by atoms with Gasteiger partial charge in [-0.15, -0.1) is 0 Å². The van der Waals surface area contributed by atoms with Crippen LogP contribution in [0.4, 0.5) is 16.2 Å².